The van der Waals surface area contributed by atoms with Crippen molar-refractivity contribution in [3.63, 3.8) is 0 Å². The first-order valence-corrected chi connectivity index (χ1v) is 10.1. The third-order valence-corrected chi connectivity index (χ3v) is 5.96. The summed E-state index contributed by atoms with van der Waals surface area (Å²) in [6.45, 7) is 0. The molecule has 0 radical (unpaired) electrons. The van der Waals surface area contributed by atoms with Crippen LogP contribution in [0.1, 0.15) is 43.8 Å². The summed E-state index contributed by atoms with van der Waals surface area (Å²) >= 11 is 0. The number of amides is 1. The predicted molar refractivity (Wildman–Crippen MR) is 119 cm³/mol. The van der Waals surface area contributed by atoms with E-state index >= 15 is 0 Å². The second kappa shape index (κ2) is 7.33. The Balaban J connectivity index is 1.58. The first-order valence-electron chi connectivity index (χ1n) is 10.1. The molecular weight excluding hydrogens is 386 g/mol. The minimum Gasteiger partial charge on any atom is -0.324 e. The zero-order valence-electron chi connectivity index (χ0n) is 16.7. The average molecular weight is 405 g/mol. The van der Waals surface area contributed by atoms with Gasteiger partial charge in [0.1, 0.15) is 0 Å². The van der Waals surface area contributed by atoms with E-state index in [-0.39, 0.29) is 23.0 Å². The van der Waals surface area contributed by atoms with Gasteiger partial charge >= 0.3 is 0 Å². The number of allylic oxidation sites excluding steroid dienone is 3. The Morgan fingerprint density at radius 1 is 0.742 bits per heavy atom. The Labute approximate surface area is 179 Å². The Hall–Kier alpha value is -4.05. The highest BCUT2D eigenvalue weighted by molar-refractivity contribution is 6.30. The zero-order valence-corrected chi connectivity index (χ0v) is 16.7. The summed E-state index contributed by atoms with van der Waals surface area (Å²) in [6.07, 6.45) is 8.12. The number of benzene rings is 3. The first-order chi connectivity index (χ1) is 15.1. The molecule has 4 heteroatoms. The smallest absolute Gasteiger partial charge is 0.239 e. The van der Waals surface area contributed by atoms with E-state index in [2.05, 4.69) is 5.32 Å². The average Bonchev–Trinajstić information content (AvgIpc) is 2.83. The van der Waals surface area contributed by atoms with Crippen molar-refractivity contribution >= 4 is 23.2 Å². The molecule has 4 nitrogen and oxygen atoms in total. The number of fused-ring (bicyclic) bond motifs is 2. The number of nitrogens with one attached hydrogen (secondary N) is 1. The molecule has 0 aromatic heterocycles. The second-order valence-electron chi connectivity index (χ2n) is 7.71. The molecule has 0 aliphatic heterocycles. The van der Waals surface area contributed by atoms with Crippen molar-refractivity contribution in [1.29, 1.82) is 0 Å². The molecule has 0 bridgehead atoms. The van der Waals surface area contributed by atoms with E-state index in [0.29, 0.717) is 28.8 Å². The zero-order chi connectivity index (χ0) is 21.4. The molecule has 3 aromatic carbocycles. The summed E-state index contributed by atoms with van der Waals surface area (Å²) in [6, 6.07) is 21.4. The Morgan fingerprint density at radius 2 is 1.42 bits per heavy atom. The summed E-state index contributed by atoms with van der Waals surface area (Å²) in [5.74, 6) is -0.708. The number of carbonyl (C=O) groups excluding carboxylic acids is 3. The lowest BCUT2D eigenvalue weighted by Gasteiger charge is -2.31. The van der Waals surface area contributed by atoms with Gasteiger partial charge in [-0.25, -0.2) is 0 Å². The highest BCUT2D eigenvalue weighted by Gasteiger charge is 2.39. The molecule has 0 saturated carbocycles. The summed E-state index contributed by atoms with van der Waals surface area (Å²) in [5, 5.41) is 2.96. The van der Waals surface area contributed by atoms with Gasteiger partial charge in [-0.2, -0.15) is 0 Å². The topological polar surface area (TPSA) is 63.2 Å². The van der Waals surface area contributed by atoms with Gasteiger partial charge in [-0.05, 0) is 18.1 Å². The van der Waals surface area contributed by atoms with Gasteiger partial charge in [0.05, 0.1) is 16.7 Å². The molecule has 1 unspecified atom stereocenters. The van der Waals surface area contributed by atoms with Gasteiger partial charge in [-0.1, -0.05) is 91.0 Å². The van der Waals surface area contributed by atoms with Crippen LogP contribution < -0.4 is 5.32 Å². The van der Waals surface area contributed by atoms with Gasteiger partial charge in [0, 0.05) is 16.7 Å². The van der Waals surface area contributed by atoms with Crippen molar-refractivity contribution in [2.45, 2.75) is 11.8 Å². The molecular formula is C27H19NO3. The minimum atomic E-state index is -0.891. The minimum absolute atomic E-state index is 0.209. The molecule has 0 saturated heterocycles. The van der Waals surface area contributed by atoms with Crippen molar-refractivity contribution in [3.05, 3.63) is 125 Å². The first kappa shape index (κ1) is 18.9. The van der Waals surface area contributed by atoms with Gasteiger partial charge in [-0.3, -0.25) is 14.4 Å². The van der Waals surface area contributed by atoms with Crippen LogP contribution in [-0.4, -0.2) is 17.5 Å². The second-order valence-corrected chi connectivity index (χ2v) is 7.71. The molecule has 0 spiro atoms. The van der Waals surface area contributed by atoms with E-state index in [1.54, 1.807) is 42.5 Å². The van der Waals surface area contributed by atoms with Crippen molar-refractivity contribution in [1.82, 2.24) is 0 Å². The molecule has 3 aromatic rings. The van der Waals surface area contributed by atoms with Crippen LogP contribution in [0.4, 0.5) is 5.69 Å². The molecule has 31 heavy (non-hydrogen) atoms. The van der Waals surface area contributed by atoms with Crippen LogP contribution in [0.25, 0.3) is 0 Å². The Kier molecular flexibility index (Phi) is 4.48. The molecule has 0 fully saturated rings. The van der Waals surface area contributed by atoms with Crippen LogP contribution in [-0.2, 0) is 10.2 Å². The SMILES string of the molecule is O=C1c2ccccc2C(=O)c2c(NC(=O)C3(c4ccccc4)C=CC=CC3)cccc21. The van der Waals surface area contributed by atoms with Crippen LogP contribution in [0.15, 0.2) is 97.1 Å². The van der Waals surface area contributed by atoms with Crippen LogP contribution in [0.5, 0.6) is 0 Å². The van der Waals surface area contributed by atoms with E-state index in [4.69, 9.17) is 0 Å². The van der Waals surface area contributed by atoms with Gasteiger partial charge in [-0.15, -0.1) is 0 Å². The normalized spacial score (nSPS) is 19.0. The third-order valence-electron chi connectivity index (χ3n) is 5.96. The lowest BCUT2D eigenvalue weighted by Crippen LogP contribution is -2.39. The Bertz CT molecular complexity index is 1290. The number of ketones is 2. The van der Waals surface area contributed by atoms with Crippen molar-refractivity contribution in [2.24, 2.45) is 0 Å². The van der Waals surface area contributed by atoms with Crippen LogP contribution in [0.3, 0.4) is 0 Å². The van der Waals surface area contributed by atoms with Crippen LogP contribution >= 0.6 is 0 Å². The third kappa shape index (κ3) is 2.96. The molecule has 2 aliphatic rings. The van der Waals surface area contributed by atoms with Crippen LogP contribution in [0.2, 0.25) is 0 Å². The van der Waals surface area contributed by atoms with E-state index in [1.165, 1.54) is 0 Å². The van der Waals surface area contributed by atoms with Gasteiger partial charge < -0.3 is 5.32 Å². The van der Waals surface area contributed by atoms with Gasteiger partial charge in [0.15, 0.2) is 11.6 Å². The maximum Gasteiger partial charge on any atom is 0.239 e. The summed E-state index contributed by atoms with van der Waals surface area (Å²) in [5.41, 5.74) is 1.65. The molecule has 1 N–H and O–H groups in total. The highest BCUT2D eigenvalue weighted by Crippen LogP contribution is 2.36. The number of carbonyl (C=O) groups is 3. The van der Waals surface area contributed by atoms with Crippen LogP contribution in [0, 0.1) is 0 Å². The molecule has 0 heterocycles. The largest absolute Gasteiger partial charge is 0.324 e. The number of hydrogen-bond donors (Lipinski definition) is 1. The standard InChI is InChI=1S/C27H19NO3/c29-24-19-12-5-6-13-20(19)25(30)23-21(24)14-9-15-22(23)28-26(31)27(16-7-2-8-17-27)18-10-3-1-4-11-18/h1-16H,17H2,(H,28,31). The Morgan fingerprint density at radius 3 is 2.13 bits per heavy atom. The summed E-state index contributed by atoms with van der Waals surface area (Å²) in [4.78, 5) is 39.9. The quantitative estimate of drug-likeness (QED) is 0.530. The fraction of sp³-hybridized carbons (Fsp3) is 0.0741. The molecule has 2 aliphatic carbocycles. The van der Waals surface area contributed by atoms with E-state index in [0.717, 1.165) is 5.56 Å². The van der Waals surface area contributed by atoms with E-state index in [9.17, 15) is 14.4 Å². The van der Waals surface area contributed by atoms with Gasteiger partial charge in [0.2, 0.25) is 5.91 Å². The van der Waals surface area contributed by atoms with Crippen molar-refractivity contribution in [2.75, 3.05) is 5.32 Å². The lowest BCUT2D eigenvalue weighted by atomic mass is 9.74. The van der Waals surface area contributed by atoms with Crippen molar-refractivity contribution < 1.29 is 14.4 Å². The number of anilines is 1. The molecule has 1 atom stereocenters. The summed E-state index contributed by atoms with van der Waals surface area (Å²) < 4.78 is 0. The molecule has 5 rings (SSSR count). The fourth-order valence-electron chi connectivity index (χ4n) is 4.35. The van der Waals surface area contributed by atoms with Gasteiger partial charge in [0.25, 0.3) is 0 Å². The monoisotopic (exact) mass is 405 g/mol. The lowest BCUT2D eigenvalue weighted by molar-refractivity contribution is -0.120. The summed E-state index contributed by atoms with van der Waals surface area (Å²) in [7, 11) is 0. The maximum absolute atomic E-state index is 13.6. The fourth-order valence-corrected chi connectivity index (χ4v) is 4.35. The van der Waals surface area contributed by atoms with E-state index in [1.807, 2.05) is 54.6 Å². The highest BCUT2D eigenvalue weighted by atomic mass is 16.2. The maximum atomic E-state index is 13.6. The van der Waals surface area contributed by atoms with Crippen molar-refractivity contribution in [3.8, 4) is 0 Å². The number of hydrogen-bond acceptors (Lipinski definition) is 3. The predicted octanol–water partition coefficient (Wildman–Crippen LogP) is 4.85. The molecule has 150 valence electrons. The molecule has 1 amide bonds. The number of rotatable bonds is 3. The van der Waals surface area contributed by atoms with E-state index < -0.39 is 5.41 Å².